The third-order valence-electron chi connectivity index (χ3n) is 5.47. The largest absolute Gasteiger partial charge is 0.379 e. The van der Waals surface area contributed by atoms with E-state index in [0.29, 0.717) is 5.96 Å². The highest BCUT2D eigenvalue weighted by molar-refractivity contribution is 5.77. The third-order valence-corrected chi connectivity index (χ3v) is 5.47. The Kier molecular flexibility index (Phi) is 9.03. The average Bonchev–Trinajstić information content (AvgIpc) is 2.74. The molecule has 3 N–H and O–H groups in total. The monoisotopic (exact) mass is 388 g/mol. The SMILES string of the molecule is NC(=NCCCN1CCOCC1)NCCN1CCN(Cc2ccccc2)CC1. The van der Waals surface area contributed by atoms with E-state index in [9.17, 15) is 0 Å². The summed E-state index contributed by atoms with van der Waals surface area (Å²) in [7, 11) is 0. The Hall–Kier alpha value is -1.67. The highest BCUT2D eigenvalue weighted by Crippen LogP contribution is 2.08. The summed E-state index contributed by atoms with van der Waals surface area (Å²) >= 11 is 0. The Balaban J connectivity index is 1.22. The van der Waals surface area contributed by atoms with Gasteiger partial charge in [-0.2, -0.15) is 0 Å². The van der Waals surface area contributed by atoms with Gasteiger partial charge < -0.3 is 15.8 Å². The van der Waals surface area contributed by atoms with Crippen LogP contribution in [0.2, 0.25) is 0 Å². The Morgan fingerprint density at radius 3 is 2.36 bits per heavy atom. The van der Waals surface area contributed by atoms with Gasteiger partial charge in [-0.1, -0.05) is 30.3 Å². The van der Waals surface area contributed by atoms with Gasteiger partial charge in [0.05, 0.1) is 13.2 Å². The van der Waals surface area contributed by atoms with Crippen LogP contribution in [0.25, 0.3) is 0 Å². The molecule has 1 aromatic rings. The summed E-state index contributed by atoms with van der Waals surface area (Å²) < 4.78 is 5.37. The van der Waals surface area contributed by atoms with Crippen molar-refractivity contribution >= 4 is 5.96 Å². The molecule has 2 aliphatic heterocycles. The van der Waals surface area contributed by atoms with Crippen molar-refractivity contribution in [1.29, 1.82) is 0 Å². The zero-order chi connectivity index (χ0) is 19.4. The van der Waals surface area contributed by atoms with Crippen molar-refractivity contribution in [3.63, 3.8) is 0 Å². The molecule has 2 saturated heterocycles. The molecule has 7 heteroatoms. The first kappa shape index (κ1) is 21.0. The van der Waals surface area contributed by atoms with E-state index in [1.807, 2.05) is 0 Å². The zero-order valence-electron chi connectivity index (χ0n) is 17.1. The predicted octanol–water partition coefficient (Wildman–Crippen LogP) is 0.431. The molecular formula is C21H36N6O. The molecule has 2 aliphatic rings. The molecule has 0 unspecified atom stereocenters. The first-order valence-electron chi connectivity index (χ1n) is 10.6. The highest BCUT2D eigenvalue weighted by atomic mass is 16.5. The number of ether oxygens (including phenoxy) is 1. The number of nitrogens with one attached hydrogen (secondary N) is 1. The number of hydrogen-bond acceptors (Lipinski definition) is 5. The highest BCUT2D eigenvalue weighted by Gasteiger charge is 2.16. The van der Waals surface area contributed by atoms with Crippen LogP contribution in [0.5, 0.6) is 0 Å². The number of nitrogens with two attached hydrogens (primary N) is 1. The maximum Gasteiger partial charge on any atom is 0.188 e. The number of hydrogen-bond donors (Lipinski definition) is 2. The Morgan fingerprint density at radius 1 is 0.929 bits per heavy atom. The lowest BCUT2D eigenvalue weighted by Crippen LogP contribution is -2.48. The van der Waals surface area contributed by atoms with Crippen LogP contribution in [-0.4, -0.2) is 99.3 Å². The van der Waals surface area contributed by atoms with Crippen LogP contribution in [-0.2, 0) is 11.3 Å². The van der Waals surface area contributed by atoms with Gasteiger partial charge in [-0.05, 0) is 12.0 Å². The van der Waals surface area contributed by atoms with Gasteiger partial charge in [0.25, 0.3) is 0 Å². The van der Waals surface area contributed by atoms with Crippen LogP contribution < -0.4 is 11.1 Å². The summed E-state index contributed by atoms with van der Waals surface area (Å²) in [5.41, 5.74) is 7.39. The number of rotatable bonds is 9. The quantitative estimate of drug-likeness (QED) is 0.363. The topological polar surface area (TPSA) is 69.4 Å². The van der Waals surface area contributed by atoms with Crippen molar-refractivity contribution in [1.82, 2.24) is 20.0 Å². The van der Waals surface area contributed by atoms with Crippen molar-refractivity contribution in [2.45, 2.75) is 13.0 Å². The number of aliphatic imine (C=N–C) groups is 1. The molecule has 0 bridgehead atoms. The molecule has 28 heavy (non-hydrogen) atoms. The van der Waals surface area contributed by atoms with Crippen LogP contribution >= 0.6 is 0 Å². The molecule has 0 aliphatic carbocycles. The third kappa shape index (κ3) is 7.75. The molecule has 156 valence electrons. The van der Waals surface area contributed by atoms with E-state index >= 15 is 0 Å². The number of benzene rings is 1. The van der Waals surface area contributed by atoms with Gasteiger partial charge in [-0.15, -0.1) is 0 Å². The maximum atomic E-state index is 6.00. The molecule has 0 radical (unpaired) electrons. The zero-order valence-corrected chi connectivity index (χ0v) is 17.1. The fourth-order valence-electron chi connectivity index (χ4n) is 3.73. The Labute approximate surface area is 169 Å². The van der Waals surface area contributed by atoms with Gasteiger partial charge in [0, 0.05) is 72.0 Å². The molecule has 0 spiro atoms. The summed E-state index contributed by atoms with van der Waals surface area (Å²) in [5, 5.41) is 3.26. The number of morpholine rings is 1. The minimum absolute atomic E-state index is 0.574. The lowest BCUT2D eigenvalue weighted by molar-refractivity contribution is 0.0377. The van der Waals surface area contributed by atoms with Crippen LogP contribution in [0.15, 0.2) is 35.3 Å². The second-order valence-corrected chi connectivity index (χ2v) is 7.60. The van der Waals surface area contributed by atoms with Gasteiger partial charge >= 0.3 is 0 Å². The minimum atomic E-state index is 0.574. The molecule has 1 aromatic carbocycles. The number of piperazine rings is 1. The van der Waals surface area contributed by atoms with Crippen LogP contribution in [0, 0.1) is 0 Å². The van der Waals surface area contributed by atoms with Crippen molar-refractivity contribution in [3.8, 4) is 0 Å². The average molecular weight is 389 g/mol. The van der Waals surface area contributed by atoms with E-state index in [4.69, 9.17) is 10.5 Å². The molecule has 0 amide bonds. The Morgan fingerprint density at radius 2 is 1.61 bits per heavy atom. The van der Waals surface area contributed by atoms with Crippen LogP contribution in [0.1, 0.15) is 12.0 Å². The number of guanidine groups is 1. The molecule has 0 aromatic heterocycles. The first-order chi connectivity index (χ1) is 13.8. The summed E-state index contributed by atoms with van der Waals surface area (Å²) in [6.45, 7) is 13.1. The van der Waals surface area contributed by atoms with E-state index in [-0.39, 0.29) is 0 Å². The Bertz CT molecular complexity index is 568. The minimum Gasteiger partial charge on any atom is -0.379 e. The van der Waals surface area contributed by atoms with Gasteiger partial charge in [-0.3, -0.25) is 19.7 Å². The lowest BCUT2D eigenvalue weighted by atomic mass is 10.2. The van der Waals surface area contributed by atoms with Gasteiger partial charge in [-0.25, -0.2) is 0 Å². The molecular weight excluding hydrogens is 352 g/mol. The van der Waals surface area contributed by atoms with E-state index in [1.54, 1.807) is 0 Å². The standard InChI is InChI=1S/C21H36N6O/c22-21(23-7-4-9-25-15-17-28-18-16-25)24-8-10-26-11-13-27(14-12-26)19-20-5-2-1-3-6-20/h1-3,5-6H,4,7-19H2,(H3,22,23,24). The summed E-state index contributed by atoms with van der Waals surface area (Å²) in [4.78, 5) is 11.9. The molecule has 0 saturated carbocycles. The summed E-state index contributed by atoms with van der Waals surface area (Å²) in [5.74, 6) is 0.574. The van der Waals surface area contributed by atoms with Crippen LogP contribution in [0.4, 0.5) is 0 Å². The second kappa shape index (κ2) is 12.0. The van der Waals surface area contributed by atoms with Crippen molar-refractivity contribution < 1.29 is 4.74 Å². The molecule has 3 rings (SSSR count). The smallest absolute Gasteiger partial charge is 0.188 e. The van der Waals surface area contributed by atoms with E-state index in [1.165, 1.54) is 5.56 Å². The van der Waals surface area contributed by atoms with Gasteiger partial charge in [0.15, 0.2) is 5.96 Å². The van der Waals surface area contributed by atoms with E-state index < -0.39 is 0 Å². The van der Waals surface area contributed by atoms with Crippen molar-refractivity contribution in [2.75, 3.05) is 78.7 Å². The molecule has 2 fully saturated rings. The molecule has 0 atom stereocenters. The van der Waals surface area contributed by atoms with E-state index in [0.717, 1.165) is 91.6 Å². The number of nitrogens with zero attached hydrogens (tertiary/aromatic N) is 4. The van der Waals surface area contributed by atoms with Crippen molar-refractivity contribution in [2.24, 2.45) is 10.7 Å². The summed E-state index contributed by atoms with van der Waals surface area (Å²) in [6, 6.07) is 10.7. The fourth-order valence-corrected chi connectivity index (χ4v) is 3.73. The van der Waals surface area contributed by atoms with Gasteiger partial charge in [0.2, 0.25) is 0 Å². The van der Waals surface area contributed by atoms with E-state index in [2.05, 4.69) is 55.3 Å². The van der Waals surface area contributed by atoms with Crippen LogP contribution in [0.3, 0.4) is 0 Å². The summed E-state index contributed by atoms with van der Waals surface area (Å²) in [6.07, 6.45) is 1.05. The fraction of sp³-hybridized carbons (Fsp3) is 0.667. The molecule has 7 nitrogen and oxygen atoms in total. The molecule has 2 heterocycles. The maximum absolute atomic E-state index is 6.00. The van der Waals surface area contributed by atoms with Crippen molar-refractivity contribution in [3.05, 3.63) is 35.9 Å². The van der Waals surface area contributed by atoms with Gasteiger partial charge in [0.1, 0.15) is 0 Å². The first-order valence-corrected chi connectivity index (χ1v) is 10.6. The lowest BCUT2D eigenvalue weighted by Gasteiger charge is -2.34. The normalized spacial score (nSPS) is 20.4. The predicted molar refractivity (Wildman–Crippen MR) is 115 cm³/mol. The second-order valence-electron chi connectivity index (χ2n) is 7.60.